The quantitative estimate of drug-likeness (QED) is 0.568. The number of aromatic nitrogens is 3. The fourth-order valence-electron chi connectivity index (χ4n) is 4.05. The highest BCUT2D eigenvalue weighted by molar-refractivity contribution is 5.76. The second kappa shape index (κ2) is 10.9. The van der Waals surface area contributed by atoms with Gasteiger partial charge in [0.15, 0.2) is 0 Å². The number of carbonyl (C=O) groups is 1. The highest BCUT2D eigenvalue weighted by atomic mass is 16.5. The van der Waals surface area contributed by atoms with Crippen LogP contribution in [-0.4, -0.2) is 64.2 Å². The van der Waals surface area contributed by atoms with E-state index < -0.39 is 0 Å². The number of ether oxygens (including phenoxy) is 1. The van der Waals surface area contributed by atoms with Crippen LogP contribution in [0.5, 0.6) is 5.75 Å². The van der Waals surface area contributed by atoms with Crippen LogP contribution in [0.15, 0.2) is 59.4 Å². The molecule has 2 aromatic carbocycles. The van der Waals surface area contributed by atoms with Crippen LogP contribution < -0.4 is 10.3 Å². The molecule has 0 saturated carbocycles. The van der Waals surface area contributed by atoms with E-state index in [1.54, 1.807) is 7.11 Å². The summed E-state index contributed by atoms with van der Waals surface area (Å²) in [5, 5.41) is 8.25. The van der Waals surface area contributed by atoms with Gasteiger partial charge in [-0.3, -0.25) is 14.5 Å². The molecule has 0 radical (unpaired) electrons. The minimum atomic E-state index is -0.296. The lowest BCUT2D eigenvalue weighted by Crippen LogP contribution is -2.48. The predicted molar refractivity (Wildman–Crippen MR) is 125 cm³/mol. The zero-order valence-corrected chi connectivity index (χ0v) is 18.9. The summed E-state index contributed by atoms with van der Waals surface area (Å²) in [6, 6.07) is 17.9. The summed E-state index contributed by atoms with van der Waals surface area (Å²) in [5.74, 6) is 1.25. The van der Waals surface area contributed by atoms with E-state index in [4.69, 9.17) is 4.74 Å². The van der Waals surface area contributed by atoms with Gasteiger partial charge in [0.05, 0.1) is 7.11 Å². The predicted octanol–water partition coefficient (Wildman–Crippen LogP) is 2.04. The summed E-state index contributed by atoms with van der Waals surface area (Å²) in [6.45, 7) is 3.99. The number of benzene rings is 2. The number of carbonyl (C=O) groups excluding carboxylic acids is 1. The summed E-state index contributed by atoms with van der Waals surface area (Å²) in [4.78, 5) is 32.2. The third-order valence-corrected chi connectivity index (χ3v) is 5.91. The van der Waals surface area contributed by atoms with Crippen molar-refractivity contribution < 1.29 is 9.53 Å². The molecule has 1 aliphatic heterocycles. The molecule has 1 aromatic heterocycles. The van der Waals surface area contributed by atoms with Crippen LogP contribution >= 0.6 is 0 Å². The number of aryl methyl sites for hydroxylation is 1. The molecule has 1 amide bonds. The molecular formula is C25H29N5O3. The van der Waals surface area contributed by atoms with Crippen molar-refractivity contribution in [2.24, 2.45) is 0 Å². The van der Waals surface area contributed by atoms with Gasteiger partial charge in [-0.05, 0) is 11.6 Å². The fraction of sp³-hybridized carbons (Fsp3) is 0.360. The molecule has 0 spiro atoms. The molecule has 1 aliphatic rings. The van der Waals surface area contributed by atoms with Crippen molar-refractivity contribution in [2.45, 2.75) is 25.8 Å². The number of rotatable bonds is 8. The molecule has 33 heavy (non-hydrogen) atoms. The summed E-state index contributed by atoms with van der Waals surface area (Å²) in [6.07, 6.45) is 0.946. The molecule has 2 heterocycles. The topological polar surface area (TPSA) is 91.4 Å². The number of nitrogens with one attached hydrogen (secondary N) is 1. The molecule has 8 nitrogen and oxygen atoms in total. The summed E-state index contributed by atoms with van der Waals surface area (Å²) in [5.41, 5.74) is 2.19. The molecule has 172 valence electrons. The molecule has 0 aliphatic carbocycles. The lowest BCUT2D eigenvalue weighted by atomic mass is 10.1. The van der Waals surface area contributed by atoms with E-state index in [0.717, 1.165) is 30.9 Å². The molecule has 3 aromatic rings. The van der Waals surface area contributed by atoms with Gasteiger partial charge in [0.25, 0.3) is 5.56 Å². The highest BCUT2D eigenvalue weighted by Gasteiger charge is 2.21. The van der Waals surface area contributed by atoms with Crippen molar-refractivity contribution in [1.29, 1.82) is 0 Å². The Balaban J connectivity index is 1.27. The Bertz CT molecular complexity index is 1120. The Morgan fingerprint density at radius 3 is 2.45 bits per heavy atom. The maximum absolute atomic E-state index is 12.7. The lowest BCUT2D eigenvalue weighted by molar-refractivity contribution is -0.133. The Morgan fingerprint density at radius 2 is 1.73 bits per heavy atom. The average molecular weight is 448 g/mol. The maximum Gasteiger partial charge on any atom is 0.272 e. The zero-order chi connectivity index (χ0) is 23.0. The van der Waals surface area contributed by atoms with Crippen molar-refractivity contribution in [3.05, 3.63) is 87.6 Å². The van der Waals surface area contributed by atoms with Gasteiger partial charge in [-0.1, -0.05) is 48.5 Å². The van der Waals surface area contributed by atoms with Gasteiger partial charge in [-0.25, -0.2) is 0 Å². The molecule has 1 fully saturated rings. The first-order valence-corrected chi connectivity index (χ1v) is 11.2. The van der Waals surface area contributed by atoms with Crippen molar-refractivity contribution in [3.8, 4) is 5.75 Å². The number of amides is 1. The normalized spacial score (nSPS) is 14.3. The van der Waals surface area contributed by atoms with Gasteiger partial charge < -0.3 is 14.6 Å². The summed E-state index contributed by atoms with van der Waals surface area (Å²) < 4.78 is 5.34. The molecule has 0 atom stereocenters. The van der Waals surface area contributed by atoms with Crippen LogP contribution in [0.3, 0.4) is 0 Å². The van der Waals surface area contributed by atoms with Crippen LogP contribution in [-0.2, 0) is 24.2 Å². The van der Waals surface area contributed by atoms with E-state index in [0.29, 0.717) is 25.3 Å². The minimum Gasteiger partial charge on any atom is -0.496 e. The summed E-state index contributed by atoms with van der Waals surface area (Å²) >= 11 is 0. The van der Waals surface area contributed by atoms with Crippen LogP contribution in [0.1, 0.15) is 29.1 Å². The number of aromatic amines is 1. The fourth-order valence-corrected chi connectivity index (χ4v) is 4.05. The van der Waals surface area contributed by atoms with E-state index in [9.17, 15) is 9.59 Å². The van der Waals surface area contributed by atoms with Gasteiger partial charge in [0, 0.05) is 57.5 Å². The van der Waals surface area contributed by atoms with E-state index >= 15 is 0 Å². The van der Waals surface area contributed by atoms with Crippen molar-refractivity contribution >= 4 is 5.91 Å². The van der Waals surface area contributed by atoms with Gasteiger partial charge in [-0.2, -0.15) is 0 Å². The van der Waals surface area contributed by atoms with Gasteiger partial charge in [0.1, 0.15) is 17.3 Å². The molecule has 4 rings (SSSR count). The van der Waals surface area contributed by atoms with E-state index in [-0.39, 0.29) is 30.0 Å². The Hall–Kier alpha value is -3.52. The zero-order valence-electron chi connectivity index (χ0n) is 18.9. The molecular weight excluding hydrogens is 418 g/mol. The van der Waals surface area contributed by atoms with Gasteiger partial charge in [-0.15, -0.1) is 10.2 Å². The first kappa shape index (κ1) is 22.7. The van der Waals surface area contributed by atoms with Crippen molar-refractivity contribution in [1.82, 2.24) is 25.0 Å². The minimum absolute atomic E-state index is 0.0497. The largest absolute Gasteiger partial charge is 0.496 e. The number of hydrogen-bond acceptors (Lipinski definition) is 6. The van der Waals surface area contributed by atoms with E-state index in [2.05, 4.69) is 32.2 Å². The van der Waals surface area contributed by atoms with Crippen LogP contribution in [0.2, 0.25) is 0 Å². The van der Waals surface area contributed by atoms with Crippen LogP contribution in [0.4, 0.5) is 0 Å². The van der Waals surface area contributed by atoms with Crippen molar-refractivity contribution in [2.75, 3.05) is 33.3 Å². The monoisotopic (exact) mass is 447 g/mol. The van der Waals surface area contributed by atoms with E-state index in [1.807, 2.05) is 47.4 Å². The smallest absolute Gasteiger partial charge is 0.272 e. The molecule has 0 bridgehead atoms. The first-order chi connectivity index (χ1) is 16.1. The molecule has 1 N–H and O–H groups in total. The van der Waals surface area contributed by atoms with Crippen LogP contribution in [0.25, 0.3) is 0 Å². The summed E-state index contributed by atoms with van der Waals surface area (Å²) in [7, 11) is 1.61. The Morgan fingerprint density at radius 1 is 1.00 bits per heavy atom. The van der Waals surface area contributed by atoms with Gasteiger partial charge >= 0.3 is 0 Å². The SMILES string of the molecule is COc1ccccc1Cc1nnc(CCC(=O)N2CCN(Cc3ccccc3)CC2)c(=O)[nH]1. The van der Waals surface area contributed by atoms with Crippen molar-refractivity contribution in [3.63, 3.8) is 0 Å². The Labute approximate surface area is 193 Å². The number of nitrogens with zero attached hydrogens (tertiary/aromatic N) is 4. The van der Waals surface area contributed by atoms with E-state index in [1.165, 1.54) is 5.56 Å². The number of methoxy groups -OCH3 is 1. The third-order valence-electron chi connectivity index (χ3n) is 5.91. The average Bonchev–Trinajstić information content (AvgIpc) is 2.85. The third kappa shape index (κ3) is 6.04. The lowest BCUT2D eigenvalue weighted by Gasteiger charge is -2.34. The second-order valence-electron chi connectivity index (χ2n) is 8.18. The number of hydrogen-bond donors (Lipinski definition) is 1. The number of piperazine rings is 1. The second-order valence-corrected chi connectivity index (χ2v) is 8.18. The molecule has 8 heteroatoms. The molecule has 1 saturated heterocycles. The number of para-hydroxylation sites is 1. The van der Waals surface area contributed by atoms with Gasteiger partial charge in [0.2, 0.25) is 5.91 Å². The maximum atomic E-state index is 12.7. The highest BCUT2D eigenvalue weighted by Crippen LogP contribution is 2.19. The number of H-pyrrole nitrogens is 1. The van der Waals surface area contributed by atoms with Crippen LogP contribution in [0, 0.1) is 0 Å². The molecule has 0 unspecified atom stereocenters. The first-order valence-electron chi connectivity index (χ1n) is 11.2. The Kier molecular flexibility index (Phi) is 7.47. The standard InChI is InChI=1S/C25H29N5O3/c1-33-22-10-6-5-9-20(22)17-23-26-25(32)21(27-28-23)11-12-24(31)30-15-13-29(14-16-30)18-19-7-3-2-4-8-19/h2-10H,11-18H2,1H3,(H,26,28,32).